The number of aromatic amines is 1. The molecule has 0 saturated carbocycles. The van der Waals surface area contributed by atoms with Gasteiger partial charge in [-0.2, -0.15) is 0 Å². The lowest BCUT2D eigenvalue weighted by molar-refractivity contribution is -0.136. The van der Waals surface area contributed by atoms with Gasteiger partial charge in [0.05, 0.1) is 19.3 Å². The van der Waals surface area contributed by atoms with Crippen LogP contribution in [0.4, 0.5) is 0 Å². The first-order chi connectivity index (χ1) is 18.3. The predicted molar refractivity (Wildman–Crippen MR) is 141 cm³/mol. The van der Waals surface area contributed by atoms with Crippen molar-refractivity contribution in [2.24, 2.45) is 0 Å². The van der Waals surface area contributed by atoms with Gasteiger partial charge in [-0.15, -0.1) is 4.74 Å². The summed E-state index contributed by atoms with van der Waals surface area (Å²) in [5.41, 5.74) is 4.48. The van der Waals surface area contributed by atoms with Crippen LogP contribution in [0.3, 0.4) is 0 Å². The molecule has 1 atom stereocenters. The highest BCUT2D eigenvalue weighted by Crippen LogP contribution is 2.30. The van der Waals surface area contributed by atoms with Crippen molar-refractivity contribution < 1.29 is 23.9 Å². The van der Waals surface area contributed by atoms with Gasteiger partial charge >= 0.3 is 11.4 Å². The van der Waals surface area contributed by atoms with E-state index in [9.17, 15) is 14.4 Å². The van der Waals surface area contributed by atoms with Crippen molar-refractivity contribution in [3.8, 4) is 5.75 Å². The fourth-order valence-electron chi connectivity index (χ4n) is 4.13. The number of nitrogens with zero attached hydrogens (tertiary/aromatic N) is 2. The van der Waals surface area contributed by atoms with E-state index in [0.29, 0.717) is 18.8 Å². The summed E-state index contributed by atoms with van der Waals surface area (Å²) >= 11 is 0. The molecule has 2 N–H and O–H groups in total. The summed E-state index contributed by atoms with van der Waals surface area (Å²) in [6.07, 6.45) is 4.64. The Bertz CT molecular complexity index is 1430. The van der Waals surface area contributed by atoms with Gasteiger partial charge in [0, 0.05) is 13.6 Å². The number of nitrogens with one attached hydrogen (secondary N) is 1. The molecule has 0 radical (unpaired) electrons. The van der Waals surface area contributed by atoms with E-state index < -0.39 is 11.4 Å². The molecule has 1 heterocycles. The molecule has 0 aliphatic heterocycles. The standard InChI is InChI=1S/C28H31N3O7/c1-19-14-24(37-18-26(33)30(2)12-13-32)10-11-25(19)22-5-3-4-21(15-22)17-36-23-8-6-20(7-9-23)16-31-27(34)29-28(35)38-31/h3-9,11,14-15,24,32H,10,12-13,16-18H2,1-2H3,(H,29,34,35). The van der Waals surface area contributed by atoms with Gasteiger partial charge in [-0.25, -0.2) is 14.6 Å². The first-order valence-electron chi connectivity index (χ1n) is 12.3. The van der Waals surface area contributed by atoms with Crippen molar-refractivity contribution in [2.45, 2.75) is 32.6 Å². The maximum atomic E-state index is 12.1. The Morgan fingerprint density at radius 2 is 1.97 bits per heavy atom. The number of ether oxygens (including phenoxy) is 2. The van der Waals surface area contributed by atoms with Gasteiger partial charge in [-0.1, -0.05) is 42.5 Å². The highest BCUT2D eigenvalue weighted by Gasteiger charge is 2.17. The second-order valence-electron chi connectivity index (χ2n) is 9.07. The van der Waals surface area contributed by atoms with Crippen LogP contribution in [0.25, 0.3) is 5.57 Å². The Labute approximate surface area is 219 Å². The zero-order chi connectivity index (χ0) is 27.1. The fourth-order valence-corrected chi connectivity index (χ4v) is 4.13. The zero-order valence-corrected chi connectivity index (χ0v) is 21.4. The first kappa shape index (κ1) is 26.9. The summed E-state index contributed by atoms with van der Waals surface area (Å²) < 4.78 is 17.5. The summed E-state index contributed by atoms with van der Waals surface area (Å²) in [6.45, 7) is 2.73. The molecule has 4 rings (SSSR count). The zero-order valence-electron chi connectivity index (χ0n) is 21.4. The molecule has 1 aromatic heterocycles. The molecule has 10 nitrogen and oxygen atoms in total. The number of hydrogen-bond acceptors (Lipinski definition) is 7. The van der Waals surface area contributed by atoms with E-state index in [2.05, 4.69) is 23.2 Å². The normalized spacial score (nSPS) is 15.1. The number of aliphatic hydroxyl groups excluding tert-OH is 1. The number of allylic oxidation sites excluding steroid dienone is 2. The maximum Gasteiger partial charge on any atom is 0.440 e. The predicted octanol–water partition coefficient (Wildman–Crippen LogP) is 2.33. The number of likely N-dealkylation sites (N-methyl/N-ethyl adjacent to an activating group) is 1. The van der Waals surface area contributed by atoms with Crippen LogP contribution in [0.2, 0.25) is 0 Å². The van der Waals surface area contributed by atoms with Gasteiger partial charge in [0.2, 0.25) is 5.91 Å². The number of aliphatic hydroxyl groups is 1. The van der Waals surface area contributed by atoms with Gasteiger partial charge in [-0.05, 0) is 59.4 Å². The maximum absolute atomic E-state index is 12.1. The van der Waals surface area contributed by atoms with Crippen molar-refractivity contribution in [1.29, 1.82) is 0 Å². The van der Waals surface area contributed by atoms with Gasteiger partial charge in [0.25, 0.3) is 0 Å². The topological polar surface area (TPSA) is 127 Å². The van der Waals surface area contributed by atoms with E-state index in [-0.39, 0.29) is 38.3 Å². The Balaban J connectivity index is 1.32. The molecule has 0 fully saturated rings. The van der Waals surface area contributed by atoms with E-state index in [1.807, 2.05) is 37.3 Å². The van der Waals surface area contributed by atoms with E-state index >= 15 is 0 Å². The lowest BCUT2D eigenvalue weighted by Gasteiger charge is -2.22. The molecule has 1 aliphatic carbocycles. The van der Waals surface area contributed by atoms with Gasteiger partial charge < -0.3 is 24.0 Å². The van der Waals surface area contributed by atoms with Crippen LogP contribution in [0.1, 0.15) is 30.0 Å². The molecule has 38 heavy (non-hydrogen) atoms. The molecular formula is C28H31N3O7. The molecule has 2 aromatic carbocycles. The Morgan fingerprint density at radius 1 is 1.18 bits per heavy atom. The van der Waals surface area contributed by atoms with Crippen LogP contribution in [-0.4, -0.2) is 58.5 Å². The number of H-pyrrole nitrogens is 1. The summed E-state index contributed by atoms with van der Waals surface area (Å²) in [7, 11) is 1.64. The summed E-state index contributed by atoms with van der Waals surface area (Å²) in [5, 5.41) is 8.97. The third-order valence-corrected chi connectivity index (χ3v) is 6.22. The van der Waals surface area contributed by atoms with E-state index in [1.165, 1.54) is 4.90 Å². The molecule has 10 heteroatoms. The monoisotopic (exact) mass is 521 g/mol. The molecule has 3 aromatic rings. The quantitative estimate of drug-likeness (QED) is 0.397. The number of rotatable bonds is 11. The van der Waals surface area contributed by atoms with Crippen LogP contribution < -0.4 is 16.2 Å². The van der Waals surface area contributed by atoms with Gasteiger partial charge in [-0.3, -0.25) is 4.79 Å². The second-order valence-corrected chi connectivity index (χ2v) is 9.07. The molecular weight excluding hydrogens is 490 g/mol. The molecule has 1 unspecified atom stereocenters. The Hall–Kier alpha value is -4.15. The number of benzene rings is 2. The number of carbonyl (C=O) groups is 1. The minimum Gasteiger partial charge on any atom is -0.489 e. The Morgan fingerprint density at radius 3 is 2.66 bits per heavy atom. The van der Waals surface area contributed by atoms with Crippen LogP contribution in [-0.2, 0) is 22.7 Å². The van der Waals surface area contributed by atoms with E-state index in [4.69, 9.17) is 19.1 Å². The van der Waals surface area contributed by atoms with Crippen LogP contribution in [0, 0.1) is 0 Å². The number of hydrogen-bond donors (Lipinski definition) is 2. The molecule has 0 bridgehead atoms. The van der Waals surface area contributed by atoms with Crippen LogP contribution in [0.15, 0.2) is 80.4 Å². The van der Waals surface area contributed by atoms with Crippen molar-refractivity contribution in [3.63, 3.8) is 0 Å². The highest BCUT2D eigenvalue weighted by molar-refractivity contribution is 5.80. The SMILES string of the molecule is CC1=CC(OCC(=O)N(C)CCO)CC=C1c1cccc(COc2ccc(Cn3oc(=O)[nH]c3=O)cc2)c1. The lowest BCUT2D eigenvalue weighted by Crippen LogP contribution is -2.33. The smallest absolute Gasteiger partial charge is 0.440 e. The number of aromatic nitrogens is 2. The fraction of sp³-hybridized carbons (Fsp3) is 0.321. The molecule has 1 aliphatic rings. The second kappa shape index (κ2) is 12.4. The summed E-state index contributed by atoms with van der Waals surface area (Å²) in [6, 6.07) is 15.4. The van der Waals surface area contributed by atoms with Crippen LogP contribution >= 0.6 is 0 Å². The van der Waals surface area contributed by atoms with E-state index in [0.717, 1.165) is 32.6 Å². The van der Waals surface area contributed by atoms with Gasteiger partial charge in [0.1, 0.15) is 19.0 Å². The third-order valence-electron chi connectivity index (χ3n) is 6.22. The average Bonchev–Trinajstić information content (AvgIpc) is 3.23. The summed E-state index contributed by atoms with van der Waals surface area (Å²) in [4.78, 5) is 38.3. The number of amides is 1. The minimum atomic E-state index is -0.783. The first-order valence-corrected chi connectivity index (χ1v) is 12.3. The van der Waals surface area contributed by atoms with Crippen molar-refractivity contribution >= 4 is 11.5 Å². The lowest BCUT2D eigenvalue weighted by atomic mass is 9.91. The average molecular weight is 522 g/mol. The molecule has 1 amide bonds. The number of carbonyl (C=O) groups excluding carboxylic acids is 1. The minimum absolute atomic E-state index is 0.0248. The molecule has 200 valence electrons. The van der Waals surface area contributed by atoms with E-state index in [1.54, 1.807) is 19.2 Å². The molecule has 0 spiro atoms. The Kier molecular flexibility index (Phi) is 8.77. The largest absolute Gasteiger partial charge is 0.489 e. The third kappa shape index (κ3) is 6.99. The van der Waals surface area contributed by atoms with Gasteiger partial charge in [0.15, 0.2) is 0 Å². The summed E-state index contributed by atoms with van der Waals surface area (Å²) in [5.74, 6) is -0.268. The highest BCUT2D eigenvalue weighted by atomic mass is 16.5. The molecule has 0 saturated heterocycles. The van der Waals surface area contributed by atoms with Crippen molar-refractivity contribution in [2.75, 3.05) is 26.8 Å². The van der Waals surface area contributed by atoms with Crippen LogP contribution in [0.5, 0.6) is 5.75 Å². The van der Waals surface area contributed by atoms with Crippen molar-refractivity contribution in [3.05, 3.63) is 104 Å². The van der Waals surface area contributed by atoms with Crippen molar-refractivity contribution in [1.82, 2.24) is 14.6 Å².